The van der Waals surface area contributed by atoms with E-state index in [2.05, 4.69) is 6.07 Å². The van der Waals surface area contributed by atoms with Crippen molar-refractivity contribution in [2.75, 3.05) is 0 Å². The summed E-state index contributed by atoms with van der Waals surface area (Å²) in [5.41, 5.74) is 7.23. The lowest BCUT2D eigenvalue weighted by Crippen LogP contribution is -2.11. The van der Waals surface area contributed by atoms with E-state index in [0.717, 1.165) is 24.1 Å². The number of rotatable bonds is 4. The zero-order valence-electron chi connectivity index (χ0n) is 16.0. The fourth-order valence-corrected chi connectivity index (χ4v) is 3.77. The van der Waals surface area contributed by atoms with Crippen LogP contribution in [0, 0.1) is 11.9 Å². The van der Waals surface area contributed by atoms with Crippen LogP contribution in [-0.4, -0.2) is 10.5 Å². The molecule has 0 bridgehead atoms. The fraction of sp³-hybridized carbons (Fsp3) is 0.174. The first kappa shape index (κ1) is 19.9. The van der Waals surface area contributed by atoms with Gasteiger partial charge >= 0.3 is 6.18 Å². The molecule has 0 aliphatic rings. The normalized spacial score (nSPS) is 12.0. The molecule has 0 aliphatic carbocycles. The summed E-state index contributed by atoms with van der Waals surface area (Å²) in [6.07, 6.45) is -3.92. The Morgan fingerprint density at radius 3 is 2.53 bits per heavy atom. The van der Waals surface area contributed by atoms with Gasteiger partial charge in [0.25, 0.3) is 0 Å². The van der Waals surface area contributed by atoms with Gasteiger partial charge in [0.1, 0.15) is 5.82 Å². The second kappa shape index (κ2) is 7.16. The molecule has 0 spiro atoms. The van der Waals surface area contributed by atoms with Crippen molar-refractivity contribution < 1.29 is 22.4 Å². The van der Waals surface area contributed by atoms with Crippen LogP contribution in [0.25, 0.3) is 21.8 Å². The van der Waals surface area contributed by atoms with E-state index in [0.29, 0.717) is 33.4 Å². The van der Waals surface area contributed by atoms with Crippen molar-refractivity contribution in [2.24, 2.45) is 5.73 Å². The van der Waals surface area contributed by atoms with E-state index in [9.17, 15) is 22.4 Å². The molecule has 3 aromatic carbocycles. The number of hydrogen-bond acceptors (Lipinski definition) is 1. The molecule has 1 heterocycles. The van der Waals surface area contributed by atoms with Crippen molar-refractivity contribution in [3.05, 3.63) is 82.7 Å². The summed E-state index contributed by atoms with van der Waals surface area (Å²) < 4.78 is 55.1. The summed E-state index contributed by atoms with van der Waals surface area (Å²) >= 11 is 0. The van der Waals surface area contributed by atoms with Crippen molar-refractivity contribution in [2.45, 2.75) is 26.1 Å². The minimum atomic E-state index is -4.65. The van der Waals surface area contributed by atoms with Crippen LogP contribution < -0.4 is 5.73 Å². The first-order valence-corrected chi connectivity index (χ1v) is 9.31. The Morgan fingerprint density at radius 2 is 1.87 bits per heavy atom. The highest BCUT2D eigenvalue weighted by Gasteiger charge is 2.31. The van der Waals surface area contributed by atoms with Gasteiger partial charge in [0.15, 0.2) is 0 Å². The Hall–Kier alpha value is -3.35. The number of hydrogen-bond donors (Lipinski definition) is 1. The van der Waals surface area contributed by atoms with Crippen molar-refractivity contribution >= 4 is 27.7 Å². The lowest BCUT2D eigenvalue weighted by Gasteiger charge is -2.12. The second-order valence-corrected chi connectivity index (χ2v) is 7.12. The summed E-state index contributed by atoms with van der Waals surface area (Å²) in [6.45, 7) is 1.96. The SMILES string of the molecule is CCc1c[c]c2c3c(C(N)=O)cccc3n(Cc3cc(F)cc(C(F)(F)F)c3)c2c1. The zero-order chi connectivity index (χ0) is 21.6. The molecule has 3 nitrogen and oxygen atoms in total. The van der Waals surface area contributed by atoms with Gasteiger partial charge in [-0.1, -0.05) is 19.1 Å². The van der Waals surface area contributed by atoms with Gasteiger partial charge in [0.2, 0.25) is 5.91 Å². The monoisotopic (exact) mass is 413 g/mol. The first-order valence-electron chi connectivity index (χ1n) is 9.31. The molecule has 7 heteroatoms. The highest BCUT2D eigenvalue weighted by atomic mass is 19.4. The number of aryl methyl sites for hydroxylation is 1. The average molecular weight is 413 g/mol. The minimum absolute atomic E-state index is 0.00986. The van der Waals surface area contributed by atoms with E-state index in [1.165, 1.54) is 0 Å². The molecule has 0 atom stereocenters. The second-order valence-electron chi connectivity index (χ2n) is 7.12. The predicted octanol–water partition coefficient (Wildman–Crippen LogP) is 5.46. The van der Waals surface area contributed by atoms with Crippen LogP contribution in [0.15, 0.2) is 48.5 Å². The first-order chi connectivity index (χ1) is 14.2. The van der Waals surface area contributed by atoms with E-state index >= 15 is 0 Å². The molecule has 0 unspecified atom stereocenters. The van der Waals surface area contributed by atoms with Crippen LogP contribution in [0.2, 0.25) is 0 Å². The summed E-state index contributed by atoms with van der Waals surface area (Å²) in [4.78, 5) is 12.0. The Labute approximate surface area is 169 Å². The summed E-state index contributed by atoms with van der Waals surface area (Å²) in [5, 5.41) is 1.22. The van der Waals surface area contributed by atoms with Crippen molar-refractivity contribution in [3.63, 3.8) is 0 Å². The zero-order valence-corrected chi connectivity index (χ0v) is 16.0. The lowest BCUT2D eigenvalue weighted by molar-refractivity contribution is -0.137. The van der Waals surface area contributed by atoms with Crippen LogP contribution in [0.3, 0.4) is 0 Å². The molecule has 2 N–H and O–H groups in total. The fourth-order valence-electron chi connectivity index (χ4n) is 3.77. The number of fused-ring (bicyclic) bond motifs is 3. The van der Waals surface area contributed by atoms with E-state index in [-0.39, 0.29) is 12.1 Å². The Bertz CT molecular complexity index is 1290. The molecule has 1 radical (unpaired) electrons. The van der Waals surface area contributed by atoms with Crippen LogP contribution in [0.5, 0.6) is 0 Å². The number of carbonyl (C=O) groups excluding carboxylic acids is 1. The van der Waals surface area contributed by atoms with Crippen LogP contribution >= 0.6 is 0 Å². The molecule has 0 saturated carbocycles. The molecule has 30 heavy (non-hydrogen) atoms. The van der Waals surface area contributed by atoms with Gasteiger partial charge in [-0.3, -0.25) is 4.79 Å². The highest BCUT2D eigenvalue weighted by molar-refractivity contribution is 6.17. The van der Waals surface area contributed by atoms with Gasteiger partial charge in [0, 0.05) is 22.9 Å². The summed E-state index contributed by atoms with van der Waals surface area (Å²) in [6, 6.07) is 14.4. The molecular weight excluding hydrogens is 396 g/mol. The van der Waals surface area contributed by atoms with Gasteiger partial charge in [-0.25, -0.2) is 4.39 Å². The standard InChI is InChI=1S/C23H17F4N2O/c1-2-13-6-7-17-20(10-13)29(19-5-3-4-18(21(17)19)22(28)30)12-14-8-15(23(25,26)27)11-16(24)9-14/h3-6,8-11H,2,12H2,1H3,(H2,28,30). The molecule has 1 aromatic heterocycles. The van der Waals surface area contributed by atoms with Gasteiger partial charge in [0.05, 0.1) is 16.6 Å². The van der Waals surface area contributed by atoms with Crippen molar-refractivity contribution in [1.29, 1.82) is 0 Å². The van der Waals surface area contributed by atoms with E-state index in [1.54, 1.807) is 22.8 Å². The van der Waals surface area contributed by atoms with Crippen molar-refractivity contribution in [1.82, 2.24) is 4.57 Å². The van der Waals surface area contributed by atoms with Crippen LogP contribution in [-0.2, 0) is 19.1 Å². The molecule has 1 amide bonds. The van der Waals surface area contributed by atoms with Crippen LogP contribution in [0.4, 0.5) is 17.6 Å². The number of benzene rings is 3. The van der Waals surface area contributed by atoms with E-state index < -0.39 is 23.5 Å². The maximum Gasteiger partial charge on any atom is 0.416 e. The molecule has 0 aliphatic heterocycles. The van der Waals surface area contributed by atoms with Gasteiger partial charge < -0.3 is 10.3 Å². The number of carbonyl (C=O) groups is 1. The molecule has 0 fully saturated rings. The molecule has 0 saturated heterocycles. The van der Waals surface area contributed by atoms with Gasteiger partial charge in [-0.2, -0.15) is 13.2 Å². The third kappa shape index (κ3) is 3.40. The number of amides is 1. The third-order valence-corrected chi connectivity index (χ3v) is 5.15. The number of halogens is 4. The largest absolute Gasteiger partial charge is 0.416 e. The Balaban J connectivity index is 1.99. The van der Waals surface area contributed by atoms with Gasteiger partial charge in [-0.15, -0.1) is 0 Å². The smallest absolute Gasteiger partial charge is 0.366 e. The average Bonchev–Trinajstić information content (AvgIpc) is 3.00. The number of nitrogens with two attached hydrogens (primary N) is 1. The predicted molar refractivity (Wildman–Crippen MR) is 107 cm³/mol. The maximum absolute atomic E-state index is 13.9. The Kier molecular flexibility index (Phi) is 4.76. The van der Waals surface area contributed by atoms with Crippen LogP contribution in [0.1, 0.15) is 34.0 Å². The molecular formula is C23H17F4N2O. The van der Waals surface area contributed by atoms with E-state index in [4.69, 9.17) is 5.73 Å². The topological polar surface area (TPSA) is 48.0 Å². The number of primary amides is 1. The van der Waals surface area contributed by atoms with Crippen molar-refractivity contribution in [3.8, 4) is 0 Å². The highest BCUT2D eigenvalue weighted by Crippen LogP contribution is 2.34. The number of alkyl halides is 3. The molecule has 4 rings (SSSR count). The quantitative estimate of drug-likeness (QED) is 0.444. The third-order valence-electron chi connectivity index (χ3n) is 5.15. The summed E-state index contributed by atoms with van der Waals surface area (Å²) in [7, 11) is 0. The minimum Gasteiger partial charge on any atom is -0.366 e. The summed E-state index contributed by atoms with van der Waals surface area (Å²) in [5.74, 6) is -1.57. The molecule has 153 valence electrons. The molecule has 4 aromatic rings. The maximum atomic E-state index is 13.9. The lowest BCUT2D eigenvalue weighted by atomic mass is 10.0. The van der Waals surface area contributed by atoms with E-state index in [1.807, 2.05) is 19.1 Å². The number of nitrogens with zero attached hydrogens (tertiary/aromatic N) is 1. The van der Waals surface area contributed by atoms with Gasteiger partial charge in [-0.05, 0) is 60.0 Å². The Morgan fingerprint density at radius 1 is 1.10 bits per heavy atom. The number of aromatic nitrogens is 1.